The second kappa shape index (κ2) is 7.63. The summed E-state index contributed by atoms with van der Waals surface area (Å²) >= 11 is 0. The number of aliphatic carboxylic acids is 1. The molecule has 0 aliphatic carbocycles. The second-order valence-corrected chi connectivity index (χ2v) is 4.17. The van der Waals surface area contributed by atoms with E-state index in [1.165, 1.54) is 0 Å². The summed E-state index contributed by atoms with van der Waals surface area (Å²) in [4.78, 5) is 10.5. The number of hydrogen-bond donors (Lipinski definition) is 2. The lowest BCUT2D eigenvalue weighted by atomic mass is 10.0. The molecule has 0 aromatic heterocycles. The fourth-order valence-electron chi connectivity index (χ4n) is 1.92. The maximum absolute atomic E-state index is 10.5. The highest BCUT2D eigenvalue weighted by Crippen LogP contribution is 2.30. The van der Waals surface area contributed by atoms with Gasteiger partial charge in [0.2, 0.25) is 0 Å². The summed E-state index contributed by atoms with van der Waals surface area (Å²) in [5.74, 6) is 0.569. The summed E-state index contributed by atoms with van der Waals surface area (Å²) in [6, 6.07) is 5.85. The minimum absolute atomic E-state index is 0.110. The Morgan fingerprint density at radius 1 is 1.32 bits per heavy atom. The van der Waals surface area contributed by atoms with Crippen molar-refractivity contribution in [2.24, 2.45) is 0 Å². The molecular formula is C14H21NO4. The number of methoxy groups -OCH3 is 2. The third-order valence-corrected chi connectivity index (χ3v) is 2.95. The summed E-state index contributed by atoms with van der Waals surface area (Å²) in [5, 5.41) is 11.9. The van der Waals surface area contributed by atoms with E-state index in [0.717, 1.165) is 12.0 Å². The molecule has 0 saturated carbocycles. The highest BCUT2D eigenvalue weighted by Gasteiger charge is 2.12. The number of carboxylic acid groups (broad SMARTS) is 1. The van der Waals surface area contributed by atoms with Crippen LogP contribution in [0.1, 0.15) is 31.4 Å². The quantitative estimate of drug-likeness (QED) is 0.756. The van der Waals surface area contributed by atoms with E-state index in [2.05, 4.69) is 12.2 Å². The Balaban J connectivity index is 2.77. The molecule has 0 fully saturated rings. The monoisotopic (exact) mass is 267 g/mol. The minimum Gasteiger partial charge on any atom is -0.493 e. The van der Waals surface area contributed by atoms with E-state index in [0.29, 0.717) is 18.0 Å². The van der Waals surface area contributed by atoms with Crippen molar-refractivity contribution in [2.75, 3.05) is 20.8 Å². The summed E-state index contributed by atoms with van der Waals surface area (Å²) in [6.07, 6.45) is 0.985. The fourth-order valence-corrected chi connectivity index (χ4v) is 1.92. The molecule has 0 saturated heterocycles. The fraction of sp³-hybridized carbons (Fsp3) is 0.500. The lowest BCUT2D eigenvalue weighted by Crippen LogP contribution is -2.23. The Morgan fingerprint density at radius 2 is 2.00 bits per heavy atom. The average molecular weight is 267 g/mol. The Bertz CT molecular complexity index is 420. The van der Waals surface area contributed by atoms with Crippen molar-refractivity contribution in [3.63, 3.8) is 0 Å². The third kappa shape index (κ3) is 4.44. The molecule has 0 heterocycles. The van der Waals surface area contributed by atoms with Gasteiger partial charge in [0.1, 0.15) is 0 Å². The molecular weight excluding hydrogens is 246 g/mol. The van der Waals surface area contributed by atoms with Crippen LogP contribution in [0.15, 0.2) is 18.2 Å². The van der Waals surface area contributed by atoms with E-state index >= 15 is 0 Å². The molecule has 1 atom stereocenters. The molecule has 1 unspecified atom stereocenters. The van der Waals surface area contributed by atoms with Crippen LogP contribution in [-0.2, 0) is 4.79 Å². The lowest BCUT2D eigenvalue weighted by molar-refractivity contribution is -0.136. The van der Waals surface area contributed by atoms with Crippen molar-refractivity contribution in [3.8, 4) is 11.5 Å². The van der Waals surface area contributed by atoms with Gasteiger partial charge >= 0.3 is 5.97 Å². The highest BCUT2D eigenvalue weighted by atomic mass is 16.5. The molecule has 0 bridgehead atoms. The molecule has 0 spiro atoms. The number of hydrogen-bond acceptors (Lipinski definition) is 4. The van der Waals surface area contributed by atoms with Gasteiger partial charge in [0.25, 0.3) is 0 Å². The normalized spacial score (nSPS) is 11.9. The minimum atomic E-state index is -0.797. The molecule has 0 aliphatic rings. The van der Waals surface area contributed by atoms with Crippen molar-refractivity contribution < 1.29 is 19.4 Å². The van der Waals surface area contributed by atoms with Crippen LogP contribution in [0, 0.1) is 0 Å². The molecule has 0 radical (unpaired) electrons. The first-order valence-electron chi connectivity index (χ1n) is 6.29. The summed E-state index contributed by atoms with van der Waals surface area (Å²) in [6.45, 7) is 2.50. The molecule has 106 valence electrons. The first-order valence-corrected chi connectivity index (χ1v) is 6.29. The van der Waals surface area contributed by atoms with Crippen LogP contribution in [0.3, 0.4) is 0 Å². The van der Waals surface area contributed by atoms with Gasteiger partial charge in [-0.2, -0.15) is 0 Å². The molecule has 1 rings (SSSR count). The number of benzene rings is 1. The zero-order chi connectivity index (χ0) is 14.3. The summed E-state index contributed by atoms with van der Waals surface area (Å²) in [5.41, 5.74) is 1.06. The van der Waals surface area contributed by atoms with Crippen molar-refractivity contribution in [2.45, 2.75) is 25.8 Å². The second-order valence-electron chi connectivity index (χ2n) is 4.17. The Morgan fingerprint density at radius 3 is 2.53 bits per heavy atom. The predicted molar refractivity (Wildman–Crippen MR) is 72.8 cm³/mol. The number of carbonyl (C=O) groups is 1. The first kappa shape index (κ1) is 15.3. The predicted octanol–water partition coefficient (Wildman–Crippen LogP) is 2.22. The third-order valence-electron chi connectivity index (χ3n) is 2.95. The largest absolute Gasteiger partial charge is 0.493 e. The van der Waals surface area contributed by atoms with Crippen LogP contribution in [-0.4, -0.2) is 31.8 Å². The van der Waals surface area contributed by atoms with Crippen LogP contribution in [0.25, 0.3) is 0 Å². The molecule has 1 aromatic carbocycles. The number of carboxylic acids is 1. The van der Waals surface area contributed by atoms with Crippen LogP contribution >= 0.6 is 0 Å². The molecule has 5 heteroatoms. The van der Waals surface area contributed by atoms with E-state index in [1.807, 2.05) is 18.2 Å². The van der Waals surface area contributed by atoms with E-state index < -0.39 is 5.97 Å². The summed E-state index contributed by atoms with van der Waals surface area (Å²) < 4.78 is 10.5. The smallest absolute Gasteiger partial charge is 0.304 e. The zero-order valence-corrected chi connectivity index (χ0v) is 11.6. The maximum Gasteiger partial charge on any atom is 0.304 e. The molecule has 5 nitrogen and oxygen atoms in total. The molecule has 0 amide bonds. The van der Waals surface area contributed by atoms with E-state index in [1.54, 1.807) is 14.2 Å². The van der Waals surface area contributed by atoms with Crippen LogP contribution in [0.4, 0.5) is 0 Å². The number of rotatable bonds is 8. The standard InChI is InChI=1S/C14H21NO4/c1-4-11(15-8-7-14(16)17)10-5-6-12(18-2)13(9-10)19-3/h5-6,9,11,15H,4,7-8H2,1-3H3,(H,16,17). The lowest BCUT2D eigenvalue weighted by Gasteiger charge is -2.18. The van der Waals surface area contributed by atoms with Crippen LogP contribution in [0.5, 0.6) is 11.5 Å². The number of nitrogens with one attached hydrogen (secondary N) is 1. The highest BCUT2D eigenvalue weighted by molar-refractivity contribution is 5.66. The molecule has 2 N–H and O–H groups in total. The molecule has 19 heavy (non-hydrogen) atoms. The number of ether oxygens (including phenoxy) is 2. The van der Waals surface area contributed by atoms with Gasteiger partial charge in [-0.3, -0.25) is 4.79 Å². The van der Waals surface area contributed by atoms with Gasteiger partial charge in [0, 0.05) is 12.6 Å². The van der Waals surface area contributed by atoms with Gasteiger partial charge in [-0.1, -0.05) is 13.0 Å². The van der Waals surface area contributed by atoms with Crippen LogP contribution < -0.4 is 14.8 Å². The van der Waals surface area contributed by atoms with Gasteiger partial charge in [0.05, 0.1) is 20.6 Å². The van der Waals surface area contributed by atoms with E-state index in [-0.39, 0.29) is 12.5 Å². The van der Waals surface area contributed by atoms with Gasteiger partial charge in [0.15, 0.2) is 11.5 Å². The topological polar surface area (TPSA) is 67.8 Å². The zero-order valence-electron chi connectivity index (χ0n) is 11.6. The van der Waals surface area contributed by atoms with Gasteiger partial charge in [-0.15, -0.1) is 0 Å². The van der Waals surface area contributed by atoms with Crippen LogP contribution in [0.2, 0.25) is 0 Å². The van der Waals surface area contributed by atoms with Gasteiger partial charge in [-0.25, -0.2) is 0 Å². The molecule has 1 aromatic rings. The molecule has 0 aliphatic heterocycles. The SMILES string of the molecule is CCC(NCCC(=O)O)c1ccc(OC)c(OC)c1. The Labute approximate surface area is 113 Å². The Hall–Kier alpha value is -1.75. The average Bonchev–Trinajstić information content (AvgIpc) is 2.42. The van der Waals surface area contributed by atoms with Crippen molar-refractivity contribution in [1.82, 2.24) is 5.32 Å². The van der Waals surface area contributed by atoms with Crippen molar-refractivity contribution in [1.29, 1.82) is 0 Å². The van der Waals surface area contributed by atoms with E-state index in [9.17, 15) is 4.79 Å². The van der Waals surface area contributed by atoms with Gasteiger partial charge < -0.3 is 19.9 Å². The van der Waals surface area contributed by atoms with E-state index in [4.69, 9.17) is 14.6 Å². The van der Waals surface area contributed by atoms with Crippen molar-refractivity contribution in [3.05, 3.63) is 23.8 Å². The summed E-state index contributed by atoms with van der Waals surface area (Å²) in [7, 11) is 3.19. The first-order chi connectivity index (χ1) is 9.12. The van der Waals surface area contributed by atoms with Gasteiger partial charge in [-0.05, 0) is 24.1 Å². The van der Waals surface area contributed by atoms with Crippen molar-refractivity contribution >= 4 is 5.97 Å². The Kier molecular flexibility index (Phi) is 6.15. The maximum atomic E-state index is 10.5.